The van der Waals surface area contributed by atoms with Gasteiger partial charge in [0, 0.05) is 11.4 Å². The highest BCUT2D eigenvalue weighted by molar-refractivity contribution is 7.18. The van der Waals surface area contributed by atoms with Crippen molar-refractivity contribution < 1.29 is 13.2 Å². The molecule has 0 fully saturated rings. The van der Waals surface area contributed by atoms with Gasteiger partial charge in [0.25, 0.3) is 5.56 Å². The van der Waals surface area contributed by atoms with Crippen molar-refractivity contribution in [1.29, 1.82) is 0 Å². The number of aromatic nitrogens is 2. The number of thiophene rings is 1. The van der Waals surface area contributed by atoms with Crippen LogP contribution in [0.25, 0.3) is 21.9 Å². The molecule has 0 unspecified atom stereocenters. The summed E-state index contributed by atoms with van der Waals surface area (Å²) in [5.74, 6) is 0.473. The van der Waals surface area contributed by atoms with Crippen molar-refractivity contribution >= 4 is 33.2 Å². The second-order valence-corrected chi connectivity index (χ2v) is 7.56. The maximum Gasteiger partial charge on any atom is 0.416 e. The maximum absolute atomic E-state index is 13.2. The molecule has 134 valence electrons. The Hall–Kier alpha value is -2.41. The topological polar surface area (TPSA) is 34.9 Å². The number of hydrogen-bond acceptors (Lipinski definition) is 3. The summed E-state index contributed by atoms with van der Waals surface area (Å²) in [6.45, 7) is 4.27. The van der Waals surface area contributed by atoms with Gasteiger partial charge in [-0.3, -0.25) is 9.36 Å². The lowest BCUT2D eigenvalue weighted by molar-refractivity contribution is -0.137. The Kier molecular flexibility index (Phi) is 3.80. The van der Waals surface area contributed by atoms with Gasteiger partial charge in [-0.2, -0.15) is 13.2 Å². The summed E-state index contributed by atoms with van der Waals surface area (Å²) in [6, 6.07) is 5.45. The predicted octanol–water partition coefficient (Wildman–Crippen LogP) is 5.04. The lowest BCUT2D eigenvalue weighted by Crippen LogP contribution is -2.20. The number of nitrogens with zero attached hydrogens (tertiary/aromatic N) is 2. The summed E-state index contributed by atoms with van der Waals surface area (Å²) in [7, 11) is 0. The molecule has 1 aromatic carbocycles. The third kappa shape index (κ3) is 2.58. The van der Waals surface area contributed by atoms with Gasteiger partial charge in [-0.05, 0) is 49.1 Å². The highest BCUT2D eigenvalue weighted by Crippen LogP contribution is 2.36. The van der Waals surface area contributed by atoms with Crippen LogP contribution in [0.4, 0.5) is 13.2 Å². The highest BCUT2D eigenvalue weighted by atomic mass is 32.1. The lowest BCUT2D eigenvalue weighted by atomic mass is 10.0. The van der Waals surface area contributed by atoms with E-state index in [9.17, 15) is 18.0 Å². The van der Waals surface area contributed by atoms with Crippen LogP contribution in [-0.2, 0) is 12.7 Å². The summed E-state index contributed by atoms with van der Waals surface area (Å²) in [4.78, 5) is 19.1. The zero-order valence-electron chi connectivity index (χ0n) is 14.1. The van der Waals surface area contributed by atoms with Crippen molar-refractivity contribution in [2.75, 3.05) is 0 Å². The molecular formula is C19H15F3N2OS. The van der Waals surface area contributed by atoms with Crippen molar-refractivity contribution in [3.05, 3.63) is 62.0 Å². The quantitative estimate of drug-likeness (QED) is 0.596. The van der Waals surface area contributed by atoms with E-state index in [0.29, 0.717) is 34.6 Å². The van der Waals surface area contributed by atoms with Crippen LogP contribution in [-0.4, -0.2) is 9.55 Å². The first-order valence-corrected chi connectivity index (χ1v) is 8.96. The Labute approximate surface area is 151 Å². The molecule has 0 amide bonds. The van der Waals surface area contributed by atoms with Crippen molar-refractivity contribution in [2.45, 2.75) is 33.0 Å². The van der Waals surface area contributed by atoms with Gasteiger partial charge in [0.1, 0.15) is 10.7 Å². The molecule has 0 saturated carbocycles. The standard InChI is InChI=1S/C19H15F3N2OS/c1-10-11(2)26-17-15(10)18(25)24-8-7-13(16(24)23-17)9-12-5-3-4-6-14(12)19(20,21)22/h3-6,9H,7-8H2,1-2H3/b13-9+. The molecule has 3 aromatic rings. The Morgan fingerprint density at radius 3 is 2.69 bits per heavy atom. The van der Waals surface area contributed by atoms with E-state index in [2.05, 4.69) is 4.98 Å². The summed E-state index contributed by atoms with van der Waals surface area (Å²) in [6.07, 6.45) is -2.43. The average molecular weight is 376 g/mol. The van der Waals surface area contributed by atoms with Gasteiger partial charge in [-0.25, -0.2) is 4.98 Å². The van der Waals surface area contributed by atoms with Crippen LogP contribution in [0, 0.1) is 13.8 Å². The van der Waals surface area contributed by atoms with Crippen molar-refractivity contribution in [2.24, 2.45) is 0 Å². The molecular weight excluding hydrogens is 361 g/mol. The molecule has 1 aliphatic rings. The van der Waals surface area contributed by atoms with Gasteiger partial charge in [-0.1, -0.05) is 18.2 Å². The fourth-order valence-corrected chi connectivity index (χ4v) is 4.35. The zero-order chi connectivity index (χ0) is 18.6. The average Bonchev–Trinajstić information content (AvgIpc) is 3.09. The van der Waals surface area contributed by atoms with Crippen LogP contribution in [0.3, 0.4) is 0 Å². The van der Waals surface area contributed by atoms with Gasteiger partial charge in [-0.15, -0.1) is 11.3 Å². The van der Waals surface area contributed by atoms with Gasteiger partial charge < -0.3 is 0 Å². The van der Waals surface area contributed by atoms with Crippen molar-refractivity contribution in [3.8, 4) is 0 Å². The Bertz CT molecular complexity index is 1120. The van der Waals surface area contributed by atoms with Crippen molar-refractivity contribution in [3.63, 3.8) is 0 Å². The maximum atomic E-state index is 13.2. The van der Waals surface area contributed by atoms with E-state index in [-0.39, 0.29) is 11.1 Å². The first kappa shape index (κ1) is 17.0. The van der Waals surface area contributed by atoms with E-state index in [0.717, 1.165) is 16.5 Å². The number of allylic oxidation sites excluding steroid dienone is 1. The summed E-state index contributed by atoms with van der Waals surface area (Å²) in [5, 5.41) is 0.619. The molecule has 26 heavy (non-hydrogen) atoms. The number of rotatable bonds is 1. The number of hydrogen-bond donors (Lipinski definition) is 0. The predicted molar refractivity (Wildman–Crippen MR) is 97.3 cm³/mol. The van der Waals surface area contributed by atoms with Crippen molar-refractivity contribution in [1.82, 2.24) is 9.55 Å². The molecule has 3 nitrogen and oxygen atoms in total. The summed E-state index contributed by atoms with van der Waals surface area (Å²) >= 11 is 1.44. The SMILES string of the molecule is Cc1sc2nc3n(c(=O)c2c1C)CC/C3=C\c1ccccc1C(F)(F)F. The second-order valence-electron chi connectivity index (χ2n) is 6.36. The smallest absolute Gasteiger partial charge is 0.292 e. The molecule has 0 bridgehead atoms. The number of fused-ring (bicyclic) bond motifs is 2. The van der Waals surface area contributed by atoms with E-state index in [1.807, 2.05) is 13.8 Å². The van der Waals surface area contributed by atoms with E-state index in [1.54, 1.807) is 10.6 Å². The van der Waals surface area contributed by atoms with Crippen LogP contribution in [0.1, 0.15) is 33.8 Å². The molecule has 0 radical (unpaired) electrons. The molecule has 0 aliphatic carbocycles. The number of alkyl halides is 3. The molecule has 0 atom stereocenters. The zero-order valence-corrected chi connectivity index (χ0v) is 15.0. The van der Waals surface area contributed by atoms with Crippen LogP contribution < -0.4 is 5.56 Å². The molecule has 1 aliphatic heterocycles. The molecule has 2 aromatic heterocycles. The van der Waals surface area contributed by atoms with Gasteiger partial charge in [0.05, 0.1) is 10.9 Å². The fraction of sp³-hybridized carbons (Fsp3) is 0.263. The summed E-state index contributed by atoms with van der Waals surface area (Å²) < 4.78 is 41.3. The van der Waals surface area contributed by atoms with Crippen LogP contribution in [0.5, 0.6) is 0 Å². The first-order chi connectivity index (χ1) is 12.3. The molecule has 4 rings (SSSR count). The Morgan fingerprint density at radius 1 is 1.23 bits per heavy atom. The van der Waals surface area contributed by atoms with E-state index in [1.165, 1.54) is 29.5 Å². The minimum absolute atomic E-state index is 0.0938. The van der Waals surface area contributed by atoms with Gasteiger partial charge >= 0.3 is 6.18 Å². The van der Waals surface area contributed by atoms with E-state index < -0.39 is 11.7 Å². The van der Waals surface area contributed by atoms with Gasteiger partial charge in [0.2, 0.25) is 0 Å². The Balaban J connectivity index is 1.91. The molecule has 0 N–H and O–H groups in total. The molecule has 0 spiro atoms. The van der Waals surface area contributed by atoms with Gasteiger partial charge in [0.15, 0.2) is 0 Å². The third-order valence-corrected chi connectivity index (χ3v) is 5.88. The molecule has 3 heterocycles. The number of benzene rings is 1. The first-order valence-electron chi connectivity index (χ1n) is 8.15. The fourth-order valence-electron chi connectivity index (χ4n) is 3.33. The highest BCUT2D eigenvalue weighted by Gasteiger charge is 2.33. The number of aryl methyl sites for hydroxylation is 2. The lowest BCUT2D eigenvalue weighted by Gasteiger charge is -2.10. The normalized spacial score (nSPS) is 15.8. The second kappa shape index (κ2) is 5.81. The van der Waals surface area contributed by atoms with E-state index in [4.69, 9.17) is 0 Å². The number of halogens is 3. The largest absolute Gasteiger partial charge is 0.416 e. The van der Waals surface area contributed by atoms with Crippen LogP contribution in [0.2, 0.25) is 0 Å². The summed E-state index contributed by atoms with van der Waals surface area (Å²) in [5.41, 5.74) is 0.884. The van der Waals surface area contributed by atoms with Crippen LogP contribution in [0.15, 0.2) is 29.1 Å². The molecule has 0 saturated heterocycles. The third-order valence-electron chi connectivity index (χ3n) is 4.78. The monoisotopic (exact) mass is 376 g/mol. The minimum atomic E-state index is -4.43. The Morgan fingerprint density at radius 2 is 1.96 bits per heavy atom. The minimum Gasteiger partial charge on any atom is -0.292 e. The van der Waals surface area contributed by atoms with E-state index >= 15 is 0 Å². The molecule has 7 heteroatoms. The van der Waals surface area contributed by atoms with Crippen LogP contribution >= 0.6 is 11.3 Å².